The van der Waals surface area contributed by atoms with Crippen molar-refractivity contribution in [2.45, 2.75) is 37.6 Å². The number of carbonyl (C=O) groups is 1. The minimum atomic E-state index is -3.83. The number of benzene rings is 2. The first-order valence-electron chi connectivity index (χ1n) is 9.11. The molecule has 28 heavy (non-hydrogen) atoms. The van der Waals surface area contributed by atoms with E-state index in [1.165, 1.54) is 23.5 Å². The predicted octanol–water partition coefficient (Wildman–Crippen LogP) is 2.84. The first kappa shape index (κ1) is 21.9. The summed E-state index contributed by atoms with van der Waals surface area (Å²) in [6, 6.07) is 15.8. The molecule has 0 aliphatic carbocycles. The molecule has 2 rings (SSSR count). The van der Waals surface area contributed by atoms with Gasteiger partial charge in [-0.2, -0.15) is 4.31 Å². The van der Waals surface area contributed by atoms with Crippen molar-refractivity contribution < 1.29 is 17.9 Å². The fourth-order valence-corrected chi connectivity index (χ4v) is 4.09. The van der Waals surface area contributed by atoms with Gasteiger partial charge in [-0.25, -0.2) is 8.42 Å². The molecule has 0 aliphatic heterocycles. The van der Waals surface area contributed by atoms with Crippen LogP contribution in [0, 0.1) is 0 Å². The lowest BCUT2D eigenvalue weighted by atomic mass is 10.1. The molecule has 0 spiro atoms. The Labute approximate surface area is 167 Å². The number of hydrogen-bond donors (Lipinski definition) is 1. The summed E-state index contributed by atoms with van der Waals surface area (Å²) in [5.74, 6) is 0.234. The molecule has 0 aromatic heterocycles. The van der Waals surface area contributed by atoms with Gasteiger partial charge in [-0.15, -0.1) is 0 Å². The Morgan fingerprint density at radius 1 is 1.04 bits per heavy atom. The monoisotopic (exact) mass is 404 g/mol. The Kier molecular flexibility index (Phi) is 7.21. The van der Waals surface area contributed by atoms with Gasteiger partial charge < -0.3 is 10.1 Å². The van der Waals surface area contributed by atoms with E-state index >= 15 is 0 Å². The summed E-state index contributed by atoms with van der Waals surface area (Å²) >= 11 is 0. The van der Waals surface area contributed by atoms with E-state index in [1.54, 1.807) is 12.1 Å². The van der Waals surface area contributed by atoms with E-state index < -0.39 is 15.6 Å². The van der Waals surface area contributed by atoms with Crippen molar-refractivity contribution in [3.63, 3.8) is 0 Å². The van der Waals surface area contributed by atoms with Crippen LogP contribution in [0.1, 0.15) is 26.3 Å². The quantitative estimate of drug-likeness (QED) is 0.734. The fourth-order valence-electron chi connectivity index (χ4n) is 2.70. The molecule has 1 N–H and O–H groups in total. The van der Waals surface area contributed by atoms with Gasteiger partial charge in [0.1, 0.15) is 5.75 Å². The lowest BCUT2D eigenvalue weighted by molar-refractivity contribution is -0.122. The summed E-state index contributed by atoms with van der Waals surface area (Å²) in [6.07, 6.45) is 0.513. The van der Waals surface area contributed by atoms with Gasteiger partial charge in [0.2, 0.25) is 15.9 Å². The van der Waals surface area contributed by atoms with E-state index in [2.05, 4.69) is 5.32 Å². The molecule has 0 bridgehead atoms. The lowest BCUT2D eigenvalue weighted by Gasteiger charge is -2.25. The normalized spacial score (nSPS) is 12.0. The van der Waals surface area contributed by atoms with Gasteiger partial charge in [0.15, 0.2) is 0 Å². The predicted molar refractivity (Wildman–Crippen MR) is 110 cm³/mol. The van der Waals surface area contributed by atoms with Gasteiger partial charge in [0, 0.05) is 12.1 Å². The maximum Gasteiger partial charge on any atom is 0.243 e. The Bertz CT molecular complexity index is 873. The SMILES string of the molecule is COc1ccc(S(=O)(=O)N(CCc2ccccc2)CC(=O)NC(C)(C)C)cc1. The summed E-state index contributed by atoms with van der Waals surface area (Å²) < 4.78 is 32.6. The number of carbonyl (C=O) groups excluding carboxylic acids is 1. The van der Waals surface area contributed by atoms with Crippen LogP contribution >= 0.6 is 0 Å². The number of ether oxygens (including phenoxy) is 1. The van der Waals surface area contributed by atoms with Crippen LogP contribution in [0.3, 0.4) is 0 Å². The smallest absolute Gasteiger partial charge is 0.243 e. The maximum atomic E-state index is 13.2. The van der Waals surface area contributed by atoms with Crippen LogP contribution in [0.4, 0.5) is 0 Å². The topological polar surface area (TPSA) is 75.7 Å². The molecule has 0 atom stereocenters. The summed E-state index contributed by atoms with van der Waals surface area (Å²) in [5, 5.41) is 2.82. The zero-order valence-electron chi connectivity index (χ0n) is 16.8. The van der Waals surface area contributed by atoms with Crippen LogP contribution in [-0.2, 0) is 21.2 Å². The first-order chi connectivity index (χ1) is 13.1. The third-order valence-electron chi connectivity index (χ3n) is 4.02. The van der Waals surface area contributed by atoms with Gasteiger partial charge in [0.05, 0.1) is 18.6 Å². The highest BCUT2D eigenvalue weighted by molar-refractivity contribution is 7.89. The standard InChI is InChI=1S/C21H28N2O4S/c1-21(2,3)22-20(24)16-23(15-14-17-8-6-5-7-9-17)28(25,26)19-12-10-18(27-4)11-13-19/h5-13H,14-16H2,1-4H3,(H,22,24). The van der Waals surface area contributed by atoms with Gasteiger partial charge >= 0.3 is 0 Å². The Morgan fingerprint density at radius 3 is 2.18 bits per heavy atom. The number of amides is 1. The van der Waals surface area contributed by atoms with Crippen molar-refractivity contribution in [3.8, 4) is 5.75 Å². The summed E-state index contributed by atoms with van der Waals surface area (Å²) in [4.78, 5) is 12.6. The van der Waals surface area contributed by atoms with Crippen LogP contribution in [-0.4, -0.2) is 44.4 Å². The zero-order chi connectivity index (χ0) is 20.8. The molecule has 2 aromatic rings. The van der Waals surface area contributed by atoms with E-state index in [4.69, 9.17) is 4.74 Å². The highest BCUT2D eigenvalue weighted by Gasteiger charge is 2.27. The van der Waals surface area contributed by atoms with E-state index in [9.17, 15) is 13.2 Å². The molecule has 0 heterocycles. The van der Waals surface area contributed by atoms with Crippen LogP contribution in [0.5, 0.6) is 5.75 Å². The minimum absolute atomic E-state index is 0.130. The summed E-state index contributed by atoms with van der Waals surface area (Å²) in [5.41, 5.74) is 0.570. The molecular formula is C21H28N2O4S. The lowest BCUT2D eigenvalue weighted by Crippen LogP contribution is -2.47. The van der Waals surface area contributed by atoms with Crippen molar-refractivity contribution in [2.24, 2.45) is 0 Å². The van der Waals surface area contributed by atoms with Crippen LogP contribution in [0.25, 0.3) is 0 Å². The van der Waals surface area contributed by atoms with Crippen molar-refractivity contribution in [1.82, 2.24) is 9.62 Å². The van der Waals surface area contributed by atoms with Crippen molar-refractivity contribution in [2.75, 3.05) is 20.2 Å². The number of rotatable bonds is 8. The maximum absolute atomic E-state index is 13.2. The summed E-state index contributed by atoms with van der Waals surface area (Å²) in [6.45, 7) is 5.54. The Balaban J connectivity index is 2.25. The molecular weight excluding hydrogens is 376 g/mol. The van der Waals surface area contributed by atoms with E-state index in [0.717, 1.165) is 5.56 Å². The van der Waals surface area contributed by atoms with Gasteiger partial charge in [-0.05, 0) is 57.0 Å². The zero-order valence-corrected chi connectivity index (χ0v) is 17.6. The third kappa shape index (κ3) is 6.35. The molecule has 1 amide bonds. The molecule has 6 nitrogen and oxygen atoms in total. The van der Waals surface area contributed by atoms with Crippen LogP contribution in [0.15, 0.2) is 59.5 Å². The summed E-state index contributed by atoms with van der Waals surface area (Å²) in [7, 11) is -2.31. The first-order valence-corrected chi connectivity index (χ1v) is 10.5. The molecule has 0 aliphatic rings. The number of hydrogen-bond acceptors (Lipinski definition) is 4. The highest BCUT2D eigenvalue weighted by atomic mass is 32.2. The highest BCUT2D eigenvalue weighted by Crippen LogP contribution is 2.20. The second-order valence-corrected chi connectivity index (χ2v) is 9.49. The number of methoxy groups -OCH3 is 1. The largest absolute Gasteiger partial charge is 0.497 e. The third-order valence-corrected chi connectivity index (χ3v) is 5.88. The molecule has 0 unspecified atom stereocenters. The second-order valence-electron chi connectivity index (χ2n) is 7.55. The Hall–Kier alpha value is -2.38. The fraction of sp³-hybridized carbons (Fsp3) is 0.381. The average molecular weight is 405 g/mol. The molecule has 7 heteroatoms. The molecule has 152 valence electrons. The molecule has 0 saturated heterocycles. The van der Waals surface area contributed by atoms with Crippen molar-refractivity contribution >= 4 is 15.9 Å². The van der Waals surface area contributed by atoms with Crippen LogP contribution in [0.2, 0.25) is 0 Å². The van der Waals surface area contributed by atoms with E-state index in [1.807, 2.05) is 51.1 Å². The average Bonchev–Trinajstić information content (AvgIpc) is 2.64. The van der Waals surface area contributed by atoms with Crippen molar-refractivity contribution in [3.05, 3.63) is 60.2 Å². The Morgan fingerprint density at radius 2 is 1.64 bits per heavy atom. The van der Waals surface area contributed by atoms with Crippen molar-refractivity contribution in [1.29, 1.82) is 0 Å². The van der Waals surface area contributed by atoms with E-state index in [0.29, 0.717) is 12.2 Å². The second kappa shape index (κ2) is 9.21. The van der Waals surface area contributed by atoms with Gasteiger partial charge in [-0.1, -0.05) is 30.3 Å². The molecule has 2 aromatic carbocycles. The number of nitrogens with zero attached hydrogens (tertiary/aromatic N) is 1. The molecule has 0 fully saturated rings. The number of nitrogens with one attached hydrogen (secondary N) is 1. The minimum Gasteiger partial charge on any atom is -0.497 e. The van der Waals surface area contributed by atoms with E-state index in [-0.39, 0.29) is 23.9 Å². The number of sulfonamides is 1. The molecule has 0 saturated carbocycles. The molecule has 0 radical (unpaired) electrons. The van der Waals surface area contributed by atoms with Crippen LogP contribution < -0.4 is 10.1 Å². The van der Waals surface area contributed by atoms with Gasteiger partial charge in [-0.3, -0.25) is 4.79 Å². The van der Waals surface area contributed by atoms with Gasteiger partial charge in [0.25, 0.3) is 0 Å².